The van der Waals surface area contributed by atoms with E-state index in [-0.39, 0.29) is 41.9 Å². The first-order valence-electron chi connectivity index (χ1n) is 2.38. The first kappa shape index (κ1) is 17.2. The van der Waals surface area contributed by atoms with Gasteiger partial charge in [0.1, 0.15) is 0 Å². The zero-order chi connectivity index (χ0) is 5.82. The van der Waals surface area contributed by atoms with Gasteiger partial charge in [0, 0.05) is 12.3 Å². The van der Waals surface area contributed by atoms with Crippen molar-refractivity contribution in [3.05, 3.63) is 24.4 Å². The fourth-order valence-corrected chi connectivity index (χ4v) is 0.468. The van der Waals surface area contributed by atoms with Gasteiger partial charge >= 0.3 is 17.1 Å². The Morgan fingerprint density at radius 1 is 1.27 bits per heavy atom. The zero-order valence-electron chi connectivity index (χ0n) is 5.72. The van der Waals surface area contributed by atoms with Crippen molar-refractivity contribution in [2.24, 2.45) is 0 Å². The molecule has 1 radical (unpaired) electrons. The third-order valence-corrected chi connectivity index (χ3v) is 0.847. The van der Waals surface area contributed by atoms with Crippen molar-refractivity contribution in [2.45, 2.75) is 0 Å². The molecule has 0 unspecified atom stereocenters. The molecule has 1 aromatic rings. The fraction of sp³-hybridized carbons (Fsp3) is 0.167. The second kappa shape index (κ2) is 10.0. The third-order valence-electron chi connectivity index (χ3n) is 0.847. The van der Waals surface area contributed by atoms with Gasteiger partial charge in [-0.3, -0.25) is 0 Å². The summed E-state index contributed by atoms with van der Waals surface area (Å²) < 4.78 is 4.80. The van der Waals surface area contributed by atoms with Crippen LogP contribution in [0.25, 0.3) is 0 Å². The van der Waals surface area contributed by atoms with Crippen LogP contribution in [0.1, 0.15) is 0 Å². The summed E-state index contributed by atoms with van der Waals surface area (Å²) in [4.78, 5) is 3.88. The number of hydrogen-bond donors (Lipinski definition) is 0. The van der Waals surface area contributed by atoms with Crippen LogP contribution in [0.15, 0.2) is 24.4 Å². The smallest absolute Gasteiger partial charge is 1.00 e. The van der Waals surface area contributed by atoms with Crippen LogP contribution in [0.3, 0.4) is 0 Å². The molecule has 5 heteroatoms. The standard InChI is InChI=1S/C6H7NO.2ClH.Cu/c1-8-6-4-2-3-5-7-6;;;/h2-5H,1H3;2*1H;/q;;;+2/p-2. The van der Waals surface area contributed by atoms with Crippen LogP contribution in [-0.2, 0) is 17.1 Å². The Bertz CT molecular complexity index is 162. The molecule has 0 bridgehead atoms. The number of pyridine rings is 1. The molecule has 67 valence electrons. The number of nitrogens with zero attached hydrogens (tertiary/aromatic N) is 1. The molecule has 0 saturated carbocycles. The van der Waals surface area contributed by atoms with Crippen LogP contribution in [-0.4, -0.2) is 12.1 Å². The summed E-state index contributed by atoms with van der Waals surface area (Å²) in [5, 5.41) is 0. The van der Waals surface area contributed by atoms with Gasteiger partial charge < -0.3 is 29.6 Å². The minimum Gasteiger partial charge on any atom is -1.00 e. The Morgan fingerprint density at radius 2 is 1.91 bits per heavy atom. The summed E-state index contributed by atoms with van der Waals surface area (Å²) in [6, 6.07) is 5.54. The maximum absolute atomic E-state index is 4.80. The third kappa shape index (κ3) is 6.45. The van der Waals surface area contributed by atoms with Crippen LogP contribution < -0.4 is 29.6 Å². The summed E-state index contributed by atoms with van der Waals surface area (Å²) >= 11 is 0. The first-order chi connectivity index (χ1) is 3.93. The molecule has 0 saturated heterocycles. The van der Waals surface area contributed by atoms with Crippen LogP contribution in [0.5, 0.6) is 5.88 Å². The number of methoxy groups -OCH3 is 1. The molecule has 1 aromatic heterocycles. The summed E-state index contributed by atoms with van der Waals surface area (Å²) in [5.41, 5.74) is 0. The number of ether oxygens (including phenoxy) is 1. The maximum Gasteiger partial charge on any atom is 2.00 e. The van der Waals surface area contributed by atoms with Crippen LogP contribution in [0.4, 0.5) is 0 Å². The van der Waals surface area contributed by atoms with Crippen molar-refractivity contribution >= 4 is 0 Å². The fourth-order valence-electron chi connectivity index (χ4n) is 0.468. The van der Waals surface area contributed by atoms with E-state index in [9.17, 15) is 0 Å². The summed E-state index contributed by atoms with van der Waals surface area (Å²) in [6.45, 7) is 0. The van der Waals surface area contributed by atoms with Gasteiger partial charge in [0.25, 0.3) is 0 Å². The molecule has 0 atom stereocenters. The topological polar surface area (TPSA) is 22.1 Å². The number of hydrogen-bond acceptors (Lipinski definition) is 2. The number of rotatable bonds is 1. The average molecular weight is 244 g/mol. The Balaban J connectivity index is -0.000000213. The molecule has 11 heavy (non-hydrogen) atoms. The van der Waals surface area contributed by atoms with E-state index in [4.69, 9.17) is 4.74 Å². The molecule has 0 amide bonds. The molecule has 0 aliphatic heterocycles. The molecule has 0 aliphatic carbocycles. The van der Waals surface area contributed by atoms with Crippen LogP contribution >= 0.6 is 0 Å². The predicted molar refractivity (Wildman–Crippen MR) is 30.8 cm³/mol. The molecule has 0 N–H and O–H groups in total. The Labute approximate surface area is 89.0 Å². The van der Waals surface area contributed by atoms with Crippen molar-refractivity contribution in [1.29, 1.82) is 0 Å². The van der Waals surface area contributed by atoms with Crippen LogP contribution in [0, 0.1) is 0 Å². The van der Waals surface area contributed by atoms with E-state index in [0.29, 0.717) is 5.88 Å². The van der Waals surface area contributed by atoms with Gasteiger partial charge in [-0.05, 0) is 6.07 Å². The van der Waals surface area contributed by atoms with E-state index in [0.717, 1.165) is 0 Å². The molecule has 2 nitrogen and oxygen atoms in total. The second-order valence-electron chi connectivity index (χ2n) is 1.37. The summed E-state index contributed by atoms with van der Waals surface area (Å²) in [5.74, 6) is 0.660. The maximum atomic E-state index is 4.80. The predicted octanol–water partition coefficient (Wildman–Crippen LogP) is -4.90. The van der Waals surface area contributed by atoms with Crippen molar-refractivity contribution < 1.29 is 46.6 Å². The van der Waals surface area contributed by atoms with Gasteiger partial charge in [0.2, 0.25) is 5.88 Å². The van der Waals surface area contributed by atoms with Gasteiger partial charge in [-0.2, -0.15) is 0 Å². The molecular formula is C6H7Cl2CuNO. The molecule has 0 aliphatic rings. The van der Waals surface area contributed by atoms with Crippen molar-refractivity contribution in [1.82, 2.24) is 4.98 Å². The van der Waals surface area contributed by atoms with Gasteiger partial charge in [-0.15, -0.1) is 0 Å². The largest absolute Gasteiger partial charge is 2.00 e. The first-order valence-corrected chi connectivity index (χ1v) is 2.38. The molecule has 0 fully saturated rings. The van der Waals surface area contributed by atoms with Gasteiger partial charge in [0.05, 0.1) is 7.11 Å². The molecule has 0 aromatic carbocycles. The van der Waals surface area contributed by atoms with Gasteiger partial charge in [0.15, 0.2) is 0 Å². The monoisotopic (exact) mass is 242 g/mol. The SMILES string of the molecule is COc1ccccn1.[Cl-].[Cl-].[Cu+2]. The van der Waals surface area contributed by atoms with Crippen molar-refractivity contribution in [2.75, 3.05) is 7.11 Å². The molecular weight excluding hydrogens is 237 g/mol. The van der Waals surface area contributed by atoms with E-state index >= 15 is 0 Å². The van der Waals surface area contributed by atoms with E-state index in [1.165, 1.54) is 0 Å². The second-order valence-corrected chi connectivity index (χ2v) is 1.37. The number of aromatic nitrogens is 1. The Morgan fingerprint density at radius 3 is 2.18 bits per heavy atom. The quantitative estimate of drug-likeness (QED) is 0.462. The summed E-state index contributed by atoms with van der Waals surface area (Å²) in [7, 11) is 1.60. The molecule has 1 rings (SSSR count). The van der Waals surface area contributed by atoms with Crippen molar-refractivity contribution in [3.8, 4) is 5.88 Å². The van der Waals surface area contributed by atoms with Crippen molar-refractivity contribution in [3.63, 3.8) is 0 Å². The average Bonchev–Trinajstić information content (AvgIpc) is 1.90. The number of halogens is 2. The molecule has 0 spiro atoms. The van der Waals surface area contributed by atoms with E-state index in [1.54, 1.807) is 19.4 Å². The minimum atomic E-state index is 0. The van der Waals surface area contributed by atoms with Crippen LogP contribution in [0.2, 0.25) is 0 Å². The Hall–Kier alpha value is 0.0495. The van der Waals surface area contributed by atoms with E-state index in [1.807, 2.05) is 12.1 Å². The van der Waals surface area contributed by atoms with E-state index < -0.39 is 0 Å². The minimum absolute atomic E-state index is 0. The van der Waals surface area contributed by atoms with E-state index in [2.05, 4.69) is 4.98 Å². The normalized spacial score (nSPS) is 6.27. The zero-order valence-corrected chi connectivity index (χ0v) is 8.18. The van der Waals surface area contributed by atoms with Gasteiger partial charge in [-0.25, -0.2) is 4.98 Å². The molecule has 1 heterocycles. The summed E-state index contributed by atoms with van der Waals surface area (Å²) in [6.07, 6.45) is 1.69. The Kier molecular flexibility index (Phi) is 15.7. The van der Waals surface area contributed by atoms with Gasteiger partial charge in [-0.1, -0.05) is 6.07 Å².